The maximum atomic E-state index is 11.8. The van der Waals surface area contributed by atoms with Crippen LogP contribution in [0.2, 0.25) is 0 Å². The predicted molar refractivity (Wildman–Crippen MR) is 88.5 cm³/mol. The van der Waals surface area contributed by atoms with Gasteiger partial charge in [0.2, 0.25) is 0 Å². The molecule has 0 saturated carbocycles. The fourth-order valence-corrected chi connectivity index (χ4v) is 2.56. The topological polar surface area (TPSA) is 52.6 Å². The summed E-state index contributed by atoms with van der Waals surface area (Å²) >= 11 is 0. The molecule has 0 fully saturated rings. The molecule has 2 atom stereocenters. The Hall–Kier alpha value is -2.10. The molecule has 0 amide bonds. The van der Waals surface area contributed by atoms with Crippen molar-refractivity contribution in [3.63, 3.8) is 0 Å². The summed E-state index contributed by atoms with van der Waals surface area (Å²) in [4.78, 5) is 23.3. The van der Waals surface area contributed by atoms with Gasteiger partial charge in [0.05, 0.1) is 6.61 Å². The molecule has 0 saturated heterocycles. The number of hydrogen-bond acceptors (Lipinski definition) is 4. The number of Topliss-reactive ketones (excluding diaryl/α,β-unsaturated/α-hetero) is 1. The number of ketones is 1. The molecule has 1 aliphatic rings. The van der Waals surface area contributed by atoms with Gasteiger partial charge in [-0.1, -0.05) is 26.0 Å². The minimum Gasteiger partial charge on any atom is -0.482 e. The monoisotopic (exact) mass is 316 g/mol. The molecule has 0 N–H and O–H groups in total. The third-order valence-corrected chi connectivity index (χ3v) is 4.23. The van der Waals surface area contributed by atoms with Crippen molar-refractivity contribution in [2.45, 2.75) is 33.1 Å². The molecule has 1 aromatic carbocycles. The number of rotatable bonds is 7. The third-order valence-electron chi connectivity index (χ3n) is 4.23. The maximum absolute atomic E-state index is 11.8. The lowest BCUT2D eigenvalue weighted by Gasteiger charge is -2.24. The van der Waals surface area contributed by atoms with Crippen LogP contribution in [0.1, 0.15) is 43.5 Å². The molecule has 1 aromatic rings. The van der Waals surface area contributed by atoms with Gasteiger partial charge < -0.3 is 9.47 Å². The van der Waals surface area contributed by atoms with Crippen molar-refractivity contribution in [2.75, 3.05) is 13.2 Å². The molecule has 0 heterocycles. The van der Waals surface area contributed by atoms with Crippen molar-refractivity contribution in [3.8, 4) is 5.75 Å². The number of hydrogen-bond donors (Lipinski definition) is 0. The second kappa shape index (κ2) is 8.51. The highest BCUT2D eigenvalue weighted by Gasteiger charge is 2.20. The van der Waals surface area contributed by atoms with Crippen LogP contribution >= 0.6 is 0 Å². The highest BCUT2D eigenvalue weighted by molar-refractivity contribution is 5.95. The Morgan fingerprint density at radius 1 is 1.13 bits per heavy atom. The molecule has 0 bridgehead atoms. The summed E-state index contributed by atoms with van der Waals surface area (Å²) in [7, 11) is 0. The lowest BCUT2D eigenvalue weighted by Crippen LogP contribution is -2.24. The van der Waals surface area contributed by atoms with E-state index in [1.54, 1.807) is 24.3 Å². The molecule has 0 spiro atoms. The number of carbonyl (C=O) groups excluding carboxylic acids is 2. The summed E-state index contributed by atoms with van der Waals surface area (Å²) in [5, 5.41) is 0. The minimum atomic E-state index is -0.361. The first-order chi connectivity index (χ1) is 11.1. The van der Waals surface area contributed by atoms with Gasteiger partial charge in [0.25, 0.3) is 0 Å². The van der Waals surface area contributed by atoms with Gasteiger partial charge in [0.15, 0.2) is 12.4 Å². The van der Waals surface area contributed by atoms with Crippen LogP contribution in [0.4, 0.5) is 0 Å². The average molecular weight is 316 g/mol. The summed E-state index contributed by atoms with van der Waals surface area (Å²) in [6.07, 6.45) is 6.80. The smallest absolute Gasteiger partial charge is 0.344 e. The Kier molecular flexibility index (Phi) is 6.39. The van der Waals surface area contributed by atoms with Gasteiger partial charge >= 0.3 is 5.97 Å². The van der Waals surface area contributed by atoms with Gasteiger partial charge in [-0.05, 0) is 48.9 Å². The molecule has 0 aliphatic heterocycles. The summed E-state index contributed by atoms with van der Waals surface area (Å²) < 4.78 is 10.7. The van der Waals surface area contributed by atoms with Crippen LogP contribution in [0.3, 0.4) is 0 Å². The van der Waals surface area contributed by atoms with E-state index < -0.39 is 0 Å². The van der Waals surface area contributed by atoms with E-state index in [1.165, 1.54) is 0 Å². The van der Waals surface area contributed by atoms with Crippen LogP contribution in [-0.2, 0) is 9.53 Å². The van der Waals surface area contributed by atoms with E-state index in [4.69, 9.17) is 9.47 Å². The summed E-state index contributed by atoms with van der Waals surface area (Å²) in [5.41, 5.74) is 0.654. The molecular weight excluding hydrogens is 292 g/mol. The van der Waals surface area contributed by atoms with E-state index in [-0.39, 0.29) is 18.4 Å². The number of benzene rings is 1. The van der Waals surface area contributed by atoms with Crippen molar-refractivity contribution in [1.29, 1.82) is 0 Å². The summed E-state index contributed by atoms with van der Waals surface area (Å²) in [5.74, 6) is 1.22. The number of carbonyl (C=O) groups is 2. The van der Waals surface area contributed by atoms with Crippen molar-refractivity contribution in [2.24, 2.45) is 11.8 Å². The first kappa shape index (κ1) is 17.3. The number of esters is 1. The predicted octanol–water partition coefficient (Wildman–Crippen LogP) is 3.80. The molecule has 1 aliphatic carbocycles. The van der Waals surface area contributed by atoms with Gasteiger partial charge in [-0.25, -0.2) is 4.79 Å². The van der Waals surface area contributed by atoms with Gasteiger partial charge in [0.1, 0.15) is 5.75 Å². The molecule has 124 valence electrons. The Balaban J connectivity index is 1.73. The fourth-order valence-electron chi connectivity index (χ4n) is 2.56. The Labute approximate surface area is 137 Å². The molecule has 4 nitrogen and oxygen atoms in total. The molecule has 2 unspecified atom stereocenters. The van der Waals surface area contributed by atoms with Crippen LogP contribution in [0.25, 0.3) is 0 Å². The number of ether oxygens (including phenoxy) is 2. The highest BCUT2D eigenvalue weighted by atomic mass is 16.6. The minimum absolute atomic E-state index is 0.0895. The van der Waals surface area contributed by atoms with Crippen molar-refractivity contribution in [1.82, 2.24) is 0 Å². The Bertz CT molecular complexity index is 559. The van der Waals surface area contributed by atoms with Crippen molar-refractivity contribution < 1.29 is 19.1 Å². The molecule has 0 radical (unpaired) electrons. The van der Waals surface area contributed by atoms with Crippen molar-refractivity contribution in [3.05, 3.63) is 42.0 Å². The van der Waals surface area contributed by atoms with Crippen molar-refractivity contribution >= 4 is 11.8 Å². The van der Waals surface area contributed by atoms with Crippen LogP contribution < -0.4 is 4.74 Å². The molecule has 23 heavy (non-hydrogen) atoms. The maximum Gasteiger partial charge on any atom is 0.344 e. The average Bonchev–Trinajstić information content (AvgIpc) is 2.59. The first-order valence-electron chi connectivity index (χ1n) is 8.16. The van der Waals surface area contributed by atoms with E-state index in [9.17, 15) is 9.59 Å². The van der Waals surface area contributed by atoms with Crippen LogP contribution in [0.5, 0.6) is 5.75 Å². The zero-order valence-corrected chi connectivity index (χ0v) is 13.8. The second-order valence-electron chi connectivity index (χ2n) is 5.95. The summed E-state index contributed by atoms with van der Waals surface area (Å²) in [6, 6.07) is 6.82. The van der Waals surface area contributed by atoms with Gasteiger partial charge in [-0.15, -0.1) is 0 Å². The zero-order valence-electron chi connectivity index (χ0n) is 13.8. The molecular formula is C19H24O4. The quantitative estimate of drug-likeness (QED) is 0.436. The van der Waals surface area contributed by atoms with Gasteiger partial charge in [-0.2, -0.15) is 0 Å². The molecule has 2 rings (SSSR count). The van der Waals surface area contributed by atoms with Crippen LogP contribution in [0, 0.1) is 11.8 Å². The lowest BCUT2D eigenvalue weighted by atomic mass is 9.85. The van der Waals surface area contributed by atoms with Gasteiger partial charge in [0, 0.05) is 12.0 Å². The molecule has 0 aromatic heterocycles. The van der Waals surface area contributed by atoms with E-state index in [2.05, 4.69) is 19.1 Å². The fraction of sp³-hybridized carbons (Fsp3) is 0.474. The highest BCUT2D eigenvalue weighted by Crippen LogP contribution is 2.25. The Morgan fingerprint density at radius 2 is 1.83 bits per heavy atom. The Morgan fingerprint density at radius 3 is 2.48 bits per heavy atom. The number of allylic oxidation sites excluding steroid dienone is 2. The first-order valence-corrected chi connectivity index (χ1v) is 8.16. The second-order valence-corrected chi connectivity index (χ2v) is 5.95. The standard InChI is InChI=1S/C19H24O4/c1-3-18(20)15-8-10-17(11-9-15)22-13-19(21)23-12-16-7-5-4-6-14(16)2/h4-5,8-11,14,16H,3,6-7,12-13H2,1-2H3. The van der Waals surface area contributed by atoms with E-state index in [0.717, 1.165) is 12.8 Å². The normalized spacial score (nSPS) is 20.1. The van der Waals surface area contributed by atoms with E-state index >= 15 is 0 Å². The lowest BCUT2D eigenvalue weighted by molar-refractivity contribution is -0.147. The SMILES string of the molecule is CCC(=O)c1ccc(OCC(=O)OCC2CC=CCC2C)cc1. The van der Waals surface area contributed by atoms with E-state index in [1.807, 2.05) is 6.92 Å². The molecule has 4 heteroatoms. The van der Waals surface area contributed by atoms with Crippen LogP contribution in [-0.4, -0.2) is 25.0 Å². The zero-order chi connectivity index (χ0) is 16.7. The third kappa shape index (κ3) is 5.23. The largest absolute Gasteiger partial charge is 0.482 e. The van der Waals surface area contributed by atoms with Crippen LogP contribution in [0.15, 0.2) is 36.4 Å². The van der Waals surface area contributed by atoms with E-state index in [0.29, 0.717) is 36.2 Å². The van der Waals surface area contributed by atoms with Gasteiger partial charge in [-0.3, -0.25) is 4.79 Å². The summed E-state index contributed by atoms with van der Waals surface area (Å²) in [6.45, 7) is 4.33.